The molecule has 7 heteroatoms. The van der Waals surface area contributed by atoms with Gasteiger partial charge in [0.25, 0.3) is 0 Å². The Hall–Kier alpha value is -2.77. The molecule has 2 aromatic rings. The van der Waals surface area contributed by atoms with Crippen LogP contribution in [0.25, 0.3) is 0 Å². The molecule has 3 N–H and O–H groups in total. The van der Waals surface area contributed by atoms with Crippen LogP contribution in [-0.2, 0) is 4.74 Å². The van der Waals surface area contributed by atoms with Gasteiger partial charge >= 0.3 is 0 Å². The topological polar surface area (TPSA) is 92.0 Å². The molecule has 26 heavy (non-hydrogen) atoms. The molecular formula is C19H22N2O5. The van der Waals surface area contributed by atoms with Gasteiger partial charge in [0.1, 0.15) is 6.23 Å². The Kier molecular flexibility index (Phi) is 5.29. The second-order valence-corrected chi connectivity index (χ2v) is 5.88. The summed E-state index contributed by atoms with van der Waals surface area (Å²) in [4.78, 5) is 12.9. The predicted molar refractivity (Wildman–Crippen MR) is 96.9 cm³/mol. The van der Waals surface area contributed by atoms with E-state index in [9.17, 15) is 4.79 Å². The molecule has 1 aliphatic heterocycles. The standard InChI is InChI=1S/C19H22N2O5/c1-23-15-8-12(9-16(24-2)18(15)25-3)17(22)14-10-26-19(21-14)11-4-6-13(20)7-5-11/h4-9,14,19,21H,10,20H2,1-3H3. The van der Waals surface area contributed by atoms with Gasteiger partial charge in [-0.25, -0.2) is 0 Å². The minimum absolute atomic E-state index is 0.109. The maximum absolute atomic E-state index is 12.9. The molecule has 1 aliphatic rings. The van der Waals surface area contributed by atoms with E-state index in [1.807, 2.05) is 12.1 Å². The fourth-order valence-electron chi connectivity index (χ4n) is 2.91. The molecule has 2 unspecified atom stereocenters. The molecule has 138 valence electrons. The van der Waals surface area contributed by atoms with Crippen LogP contribution in [0.5, 0.6) is 17.2 Å². The van der Waals surface area contributed by atoms with E-state index in [2.05, 4.69) is 5.32 Å². The Balaban J connectivity index is 1.80. The van der Waals surface area contributed by atoms with E-state index in [0.29, 0.717) is 28.5 Å². The van der Waals surface area contributed by atoms with Gasteiger partial charge in [-0.05, 0) is 29.8 Å². The third-order valence-corrected chi connectivity index (χ3v) is 4.29. The highest BCUT2D eigenvalue weighted by Crippen LogP contribution is 2.38. The minimum Gasteiger partial charge on any atom is -0.493 e. The van der Waals surface area contributed by atoms with Crippen molar-refractivity contribution >= 4 is 11.5 Å². The van der Waals surface area contributed by atoms with Gasteiger partial charge in [-0.2, -0.15) is 0 Å². The smallest absolute Gasteiger partial charge is 0.203 e. The second kappa shape index (κ2) is 7.63. The molecule has 0 amide bonds. The molecule has 3 rings (SSSR count). The van der Waals surface area contributed by atoms with Crippen LogP contribution in [0.2, 0.25) is 0 Å². The molecule has 0 aliphatic carbocycles. The highest BCUT2D eigenvalue weighted by atomic mass is 16.5. The first kappa shape index (κ1) is 18.0. The minimum atomic E-state index is -0.472. The van der Waals surface area contributed by atoms with Crippen LogP contribution in [-0.4, -0.2) is 39.8 Å². The SMILES string of the molecule is COc1cc(C(=O)C2COC(c3ccc(N)cc3)N2)cc(OC)c1OC. The lowest BCUT2D eigenvalue weighted by Crippen LogP contribution is -2.34. The number of nitrogens with one attached hydrogen (secondary N) is 1. The first-order valence-corrected chi connectivity index (χ1v) is 8.14. The first-order chi connectivity index (χ1) is 12.6. The van der Waals surface area contributed by atoms with Gasteiger partial charge < -0.3 is 24.7 Å². The molecule has 1 saturated heterocycles. The van der Waals surface area contributed by atoms with Gasteiger partial charge in [-0.15, -0.1) is 0 Å². The van der Waals surface area contributed by atoms with Crippen molar-refractivity contribution in [1.82, 2.24) is 5.32 Å². The highest BCUT2D eigenvalue weighted by molar-refractivity contribution is 6.01. The van der Waals surface area contributed by atoms with Gasteiger partial charge in [0.15, 0.2) is 17.3 Å². The third kappa shape index (κ3) is 3.44. The zero-order chi connectivity index (χ0) is 18.7. The lowest BCUT2D eigenvalue weighted by Gasteiger charge is -2.15. The second-order valence-electron chi connectivity index (χ2n) is 5.88. The quantitative estimate of drug-likeness (QED) is 0.604. The number of carbonyl (C=O) groups excluding carboxylic acids is 1. The van der Waals surface area contributed by atoms with E-state index in [-0.39, 0.29) is 18.6 Å². The van der Waals surface area contributed by atoms with E-state index >= 15 is 0 Å². The number of methoxy groups -OCH3 is 3. The van der Waals surface area contributed by atoms with E-state index < -0.39 is 6.04 Å². The van der Waals surface area contributed by atoms with Crippen molar-refractivity contribution in [2.75, 3.05) is 33.7 Å². The van der Waals surface area contributed by atoms with Crippen LogP contribution in [0.4, 0.5) is 5.69 Å². The van der Waals surface area contributed by atoms with Crippen molar-refractivity contribution in [3.8, 4) is 17.2 Å². The Labute approximate surface area is 152 Å². The summed E-state index contributed by atoms with van der Waals surface area (Å²) in [5.74, 6) is 1.21. The summed E-state index contributed by atoms with van der Waals surface area (Å²) in [6.45, 7) is 0.268. The Morgan fingerprint density at radius 3 is 2.23 bits per heavy atom. The van der Waals surface area contributed by atoms with Crippen LogP contribution in [0.3, 0.4) is 0 Å². The molecule has 0 bridgehead atoms. The first-order valence-electron chi connectivity index (χ1n) is 8.14. The van der Waals surface area contributed by atoms with Gasteiger partial charge in [-0.3, -0.25) is 10.1 Å². The Morgan fingerprint density at radius 2 is 1.69 bits per heavy atom. The van der Waals surface area contributed by atoms with E-state index in [0.717, 1.165) is 5.56 Å². The fourth-order valence-corrected chi connectivity index (χ4v) is 2.91. The van der Waals surface area contributed by atoms with Crippen molar-refractivity contribution in [2.45, 2.75) is 12.3 Å². The molecular weight excluding hydrogens is 336 g/mol. The number of nitrogen functional groups attached to an aromatic ring is 1. The largest absolute Gasteiger partial charge is 0.493 e. The fraction of sp³-hybridized carbons (Fsp3) is 0.316. The number of Topliss-reactive ketones (excluding diaryl/α,β-unsaturated/α-hetero) is 1. The summed E-state index contributed by atoms with van der Waals surface area (Å²) in [7, 11) is 4.55. The lowest BCUT2D eigenvalue weighted by atomic mass is 10.0. The van der Waals surface area contributed by atoms with Crippen molar-refractivity contribution in [1.29, 1.82) is 0 Å². The highest BCUT2D eigenvalue weighted by Gasteiger charge is 2.32. The van der Waals surface area contributed by atoms with E-state index in [1.165, 1.54) is 21.3 Å². The average Bonchev–Trinajstić information content (AvgIpc) is 3.16. The molecule has 1 fully saturated rings. The van der Waals surface area contributed by atoms with E-state index in [4.69, 9.17) is 24.7 Å². The van der Waals surface area contributed by atoms with Gasteiger partial charge in [0.05, 0.1) is 34.0 Å². The molecule has 7 nitrogen and oxygen atoms in total. The summed E-state index contributed by atoms with van der Waals surface area (Å²) < 4.78 is 21.6. The summed E-state index contributed by atoms with van der Waals surface area (Å²) in [5.41, 5.74) is 7.76. The van der Waals surface area contributed by atoms with Gasteiger partial charge in [0, 0.05) is 11.3 Å². The van der Waals surface area contributed by atoms with Crippen molar-refractivity contribution in [3.63, 3.8) is 0 Å². The zero-order valence-corrected chi connectivity index (χ0v) is 14.9. The third-order valence-electron chi connectivity index (χ3n) is 4.29. The molecule has 0 spiro atoms. The summed E-state index contributed by atoms with van der Waals surface area (Å²) in [5, 5.41) is 3.20. The van der Waals surface area contributed by atoms with Crippen LogP contribution in [0.1, 0.15) is 22.1 Å². The number of anilines is 1. The number of rotatable bonds is 6. The summed E-state index contributed by atoms with van der Waals surface area (Å²) in [6, 6.07) is 10.2. The van der Waals surface area contributed by atoms with Gasteiger partial charge in [-0.1, -0.05) is 12.1 Å². The molecule has 0 aromatic heterocycles. The maximum Gasteiger partial charge on any atom is 0.203 e. The van der Waals surface area contributed by atoms with Crippen LogP contribution in [0.15, 0.2) is 36.4 Å². The number of benzene rings is 2. The monoisotopic (exact) mass is 358 g/mol. The average molecular weight is 358 g/mol. The Morgan fingerprint density at radius 1 is 1.08 bits per heavy atom. The van der Waals surface area contributed by atoms with Crippen LogP contribution >= 0.6 is 0 Å². The number of hydrogen-bond donors (Lipinski definition) is 2. The predicted octanol–water partition coefficient (Wildman–Crippen LogP) is 2.16. The zero-order valence-electron chi connectivity index (χ0n) is 14.9. The van der Waals surface area contributed by atoms with Crippen LogP contribution < -0.4 is 25.3 Å². The van der Waals surface area contributed by atoms with Gasteiger partial charge in [0.2, 0.25) is 5.75 Å². The molecule has 0 saturated carbocycles. The van der Waals surface area contributed by atoms with Crippen molar-refractivity contribution in [2.24, 2.45) is 0 Å². The van der Waals surface area contributed by atoms with Crippen molar-refractivity contribution in [3.05, 3.63) is 47.5 Å². The number of carbonyl (C=O) groups is 1. The lowest BCUT2D eigenvalue weighted by molar-refractivity contribution is 0.0908. The molecule has 2 aromatic carbocycles. The summed E-state index contributed by atoms with van der Waals surface area (Å²) >= 11 is 0. The Bertz CT molecular complexity index is 766. The van der Waals surface area contributed by atoms with Crippen LogP contribution in [0, 0.1) is 0 Å². The number of nitrogens with two attached hydrogens (primary N) is 1. The number of ether oxygens (including phenoxy) is 4. The molecule has 1 heterocycles. The number of ketones is 1. The normalized spacial score (nSPS) is 19.2. The van der Waals surface area contributed by atoms with Crippen molar-refractivity contribution < 1.29 is 23.7 Å². The molecule has 2 atom stereocenters. The number of hydrogen-bond acceptors (Lipinski definition) is 7. The summed E-state index contributed by atoms with van der Waals surface area (Å²) in [6.07, 6.45) is -0.355. The van der Waals surface area contributed by atoms with E-state index in [1.54, 1.807) is 24.3 Å². The maximum atomic E-state index is 12.9. The molecule has 0 radical (unpaired) electrons.